The summed E-state index contributed by atoms with van der Waals surface area (Å²) in [6.45, 7) is 5.24. The van der Waals surface area contributed by atoms with Crippen molar-refractivity contribution in [3.63, 3.8) is 0 Å². The van der Waals surface area contributed by atoms with Gasteiger partial charge in [0.2, 0.25) is 0 Å². The number of halogens is 1. The minimum Gasteiger partial charge on any atom is -0.399 e. The largest absolute Gasteiger partial charge is 0.399 e. The van der Waals surface area contributed by atoms with E-state index in [2.05, 4.69) is 34.7 Å². The Balaban J connectivity index is 2.21. The first-order valence-electron chi connectivity index (χ1n) is 7.85. The molecule has 1 aromatic rings. The number of amides is 1. The van der Waals surface area contributed by atoms with Crippen molar-refractivity contribution >= 4 is 27.5 Å². The summed E-state index contributed by atoms with van der Waals surface area (Å²) in [5, 5.41) is 0. The summed E-state index contributed by atoms with van der Waals surface area (Å²) in [5.41, 5.74) is 7.17. The van der Waals surface area contributed by atoms with Gasteiger partial charge >= 0.3 is 0 Å². The van der Waals surface area contributed by atoms with E-state index in [9.17, 15) is 4.79 Å². The van der Waals surface area contributed by atoms with E-state index in [1.54, 1.807) is 6.07 Å². The van der Waals surface area contributed by atoms with Gasteiger partial charge in [0.05, 0.1) is 5.56 Å². The topological polar surface area (TPSA) is 46.3 Å². The maximum Gasteiger partial charge on any atom is 0.255 e. The lowest BCUT2D eigenvalue weighted by molar-refractivity contribution is 0.0671. The Hall–Kier alpha value is -1.03. The number of benzene rings is 1. The Morgan fingerprint density at radius 3 is 2.67 bits per heavy atom. The Bertz CT molecular complexity index is 496. The molecule has 4 heteroatoms. The number of anilines is 1. The van der Waals surface area contributed by atoms with Gasteiger partial charge in [0.1, 0.15) is 0 Å². The first-order chi connectivity index (χ1) is 9.99. The van der Waals surface area contributed by atoms with Crippen LogP contribution in [0, 0.1) is 5.92 Å². The average Bonchev–Trinajstić information content (AvgIpc) is 2.95. The average molecular weight is 353 g/mol. The molecule has 116 valence electrons. The normalized spacial score (nSPS) is 15.6. The zero-order valence-corrected chi connectivity index (χ0v) is 14.5. The molecule has 2 rings (SSSR count). The number of nitrogen functional groups attached to an aromatic ring is 1. The van der Waals surface area contributed by atoms with Crippen LogP contribution in [0.15, 0.2) is 22.7 Å². The van der Waals surface area contributed by atoms with Gasteiger partial charge < -0.3 is 10.6 Å². The first kappa shape index (κ1) is 16.3. The van der Waals surface area contributed by atoms with Crippen molar-refractivity contribution in [3.05, 3.63) is 28.2 Å². The highest BCUT2D eigenvalue weighted by atomic mass is 79.9. The van der Waals surface area contributed by atoms with Crippen molar-refractivity contribution in [2.75, 3.05) is 12.3 Å². The van der Waals surface area contributed by atoms with Crippen LogP contribution in [-0.2, 0) is 0 Å². The van der Waals surface area contributed by atoms with E-state index in [1.165, 1.54) is 12.8 Å². The number of carbonyl (C=O) groups is 1. The molecule has 2 N–H and O–H groups in total. The standard InChI is InChI=1S/C17H25BrN2O/c1-12(2)9-10-20(14-5-3-4-6-14)17(21)15-11-13(19)7-8-16(15)18/h7-8,11-12,14H,3-6,9-10,19H2,1-2H3. The van der Waals surface area contributed by atoms with Crippen LogP contribution < -0.4 is 5.73 Å². The number of nitrogens with two attached hydrogens (primary N) is 1. The Kier molecular flexibility index (Phi) is 5.68. The lowest BCUT2D eigenvalue weighted by atomic mass is 10.1. The van der Waals surface area contributed by atoms with Gasteiger partial charge in [-0.2, -0.15) is 0 Å². The number of hydrogen-bond donors (Lipinski definition) is 1. The van der Waals surface area contributed by atoms with Crippen LogP contribution in [-0.4, -0.2) is 23.4 Å². The van der Waals surface area contributed by atoms with Crippen LogP contribution in [0.3, 0.4) is 0 Å². The zero-order chi connectivity index (χ0) is 15.4. The van der Waals surface area contributed by atoms with Gasteiger partial charge in [-0.25, -0.2) is 0 Å². The second-order valence-corrected chi connectivity index (χ2v) is 7.21. The third-order valence-electron chi connectivity index (χ3n) is 4.19. The predicted molar refractivity (Wildman–Crippen MR) is 91.3 cm³/mol. The van der Waals surface area contributed by atoms with Crippen LogP contribution in [0.1, 0.15) is 56.3 Å². The molecule has 1 aliphatic rings. The van der Waals surface area contributed by atoms with E-state index < -0.39 is 0 Å². The molecule has 21 heavy (non-hydrogen) atoms. The van der Waals surface area contributed by atoms with Gasteiger partial charge in [-0.3, -0.25) is 4.79 Å². The minimum absolute atomic E-state index is 0.113. The Morgan fingerprint density at radius 2 is 2.05 bits per heavy atom. The third-order valence-corrected chi connectivity index (χ3v) is 4.89. The number of rotatable bonds is 5. The molecular formula is C17H25BrN2O. The fraction of sp³-hybridized carbons (Fsp3) is 0.588. The second-order valence-electron chi connectivity index (χ2n) is 6.36. The molecule has 0 spiro atoms. The fourth-order valence-electron chi connectivity index (χ4n) is 2.92. The van der Waals surface area contributed by atoms with E-state index in [1.807, 2.05) is 12.1 Å². The quantitative estimate of drug-likeness (QED) is 0.795. The Morgan fingerprint density at radius 1 is 1.38 bits per heavy atom. The maximum absolute atomic E-state index is 13.0. The summed E-state index contributed by atoms with van der Waals surface area (Å²) in [6, 6.07) is 5.85. The molecule has 1 amide bonds. The smallest absolute Gasteiger partial charge is 0.255 e. The van der Waals surface area contributed by atoms with Crippen LogP contribution in [0.2, 0.25) is 0 Å². The first-order valence-corrected chi connectivity index (χ1v) is 8.64. The van der Waals surface area contributed by atoms with Crippen molar-refractivity contribution in [3.8, 4) is 0 Å². The van der Waals surface area contributed by atoms with Crippen molar-refractivity contribution in [1.82, 2.24) is 4.90 Å². The van der Waals surface area contributed by atoms with Crippen LogP contribution in [0.5, 0.6) is 0 Å². The molecule has 3 nitrogen and oxygen atoms in total. The van der Waals surface area contributed by atoms with E-state index in [-0.39, 0.29) is 5.91 Å². The highest BCUT2D eigenvalue weighted by Crippen LogP contribution is 2.28. The lowest BCUT2D eigenvalue weighted by Crippen LogP contribution is -2.40. The summed E-state index contributed by atoms with van der Waals surface area (Å²) in [6.07, 6.45) is 5.76. The molecular weight excluding hydrogens is 328 g/mol. The van der Waals surface area contributed by atoms with Crippen molar-refractivity contribution in [2.45, 2.75) is 52.0 Å². The molecule has 0 unspecified atom stereocenters. The molecule has 0 saturated heterocycles. The summed E-state index contributed by atoms with van der Waals surface area (Å²) in [7, 11) is 0. The fourth-order valence-corrected chi connectivity index (χ4v) is 3.34. The zero-order valence-electron chi connectivity index (χ0n) is 12.9. The van der Waals surface area contributed by atoms with Gasteiger partial charge in [0.15, 0.2) is 0 Å². The van der Waals surface area contributed by atoms with E-state index in [0.717, 1.165) is 30.3 Å². The molecule has 1 aromatic carbocycles. The summed E-state index contributed by atoms with van der Waals surface area (Å²) in [4.78, 5) is 15.0. The third kappa shape index (κ3) is 4.22. The lowest BCUT2D eigenvalue weighted by Gasteiger charge is -2.30. The molecule has 0 radical (unpaired) electrons. The van der Waals surface area contributed by atoms with E-state index in [0.29, 0.717) is 23.2 Å². The number of nitrogens with zero attached hydrogens (tertiary/aromatic N) is 1. The molecule has 0 heterocycles. The molecule has 1 fully saturated rings. The van der Waals surface area contributed by atoms with Crippen molar-refractivity contribution < 1.29 is 4.79 Å². The van der Waals surface area contributed by atoms with Gasteiger partial charge in [0, 0.05) is 22.7 Å². The maximum atomic E-state index is 13.0. The van der Waals surface area contributed by atoms with E-state index >= 15 is 0 Å². The van der Waals surface area contributed by atoms with Crippen molar-refractivity contribution in [1.29, 1.82) is 0 Å². The van der Waals surface area contributed by atoms with Crippen LogP contribution >= 0.6 is 15.9 Å². The molecule has 0 aromatic heterocycles. The number of carbonyl (C=O) groups excluding carboxylic acids is 1. The summed E-state index contributed by atoms with van der Waals surface area (Å²) < 4.78 is 0.828. The molecule has 0 aliphatic heterocycles. The predicted octanol–water partition coefficient (Wildman–Crippen LogP) is 4.46. The second kappa shape index (κ2) is 7.30. The van der Waals surface area contributed by atoms with E-state index in [4.69, 9.17) is 5.73 Å². The van der Waals surface area contributed by atoms with Gasteiger partial charge in [-0.1, -0.05) is 26.7 Å². The van der Waals surface area contributed by atoms with Crippen LogP contribution in [0.4, 0.5) is 5.69 Å². The molecule has 0 atom stereocenters. The Labute approximate surface area is 136 Å². The monoisotopic (exact) mass is 352 g/mol. The highest BCUT2D eigenvalue weighted by Gasteiger charge is 2.28. The summed E-state index contributed by atoms with van der Waals surface area (Å²) in [5.74, 6) is 0.715. The molecule has 1 saturated carbocycles. The number of hydrogen-bond acceptors (Lipinski definition) is 2. The minimum atomic E-state index is 0.113. The van der Waals surface area contributed by atoms with Gasteiger partial charge in [-0.05, 0) is 59.3 Å². The molecule has 0 bridgehead atoms. The molecule has 1 aliphatic carbocycles. The SMILES string of the molecule is CC(C)CCN(C(=O)c1cc(N)ccc1Br)C1CCCC1. The van der Waals surface area contributed by atoms with Crippen LogP contribution in [0.25, 0.3) is 0 Å². The van der Waals surface area contributed by atoms with Gasteiger partial charge in [0.25, 0.3) is 5.91 Å². The highest BCUT2D eigenvalue weighted by molar-refractivity contribution is 9.10. The summed E-state index contributed by atoms with van der Waals surface area (Å²) >= 11 is 3.48. The van der Waals surface area contributed by atoms with Gasteiger partial charge in [-0.15, -0.1) is 0 Å². The van der Waals surface area contributed by atoms with Crippen molar-refractivity contribution in [2.24, 2.45) is 5.92 Å².